The number of para-hydroxylation sites is 1. The number of aryl methyl sites for hydroxylation is 2. The predicted molar refractivity (Wildman–Crippen MR) is 84.2 cm³/mol. The van der Waals surface area contributed by atoms with Gasteiger partial charge in [-0.1, -0.05) is 18.2 Å². The Balaban J connectivity index is 2.42. The summed E-state index contributed by atoms with van der Waals surface area (Å²) in [5.74, 6) is -0.187. The second-order valence-electron chi connectivity index (χ2n) is 4.81. The fourth-order valence-electron chi connectivity index (χ4n) is 1.89. The van der Waals surface area contributed by atoms with Crippen LogP contribution in [0.3, 0.4) is 0 Å². The maximum atomic E-state index is 12.4. The first kappa shape index (κ1) is 15.1. The summed E-state index contributed by atoms with van der Waals surface area (Å²) in [5, 5.41) is 7.49. The highest BCUT2D eigenvalue weighted by molar-refractivity contribution is 7.92. The van der Waals surface area contributed by atoms with E-state index in [1.165, 1.54) is 0 Å². The molecule has 0 fully saturated rings. The SMILES string of the molecule is Cc1ccc(S(=O)(=O)Nc2ccccc2C(=N)N)cc1C. The van der Waals surface area contributed by atoms with E-state index in [0.29, 0.717) is 11.3 Å². The Kier molecular flexibility index (Phi) is 3.99. The van der Waals surface area contributed by atoms with E-state index in [1.54, 1.807) is 42.5 Å². The van der Waals surface area contributed by atoms with Gasteiger partial charge in [0.25, 0.3) is 10.0 Å². The number of anilines is 1. The molecular weight excluding hydrogens is 286 g/mol. The molecular formula is C15H17N3O2S. The maximum Gasteiger partial charge on any atom is 0.261 e. The Morgan fingerprint density at radius 3 is 2.38 bits per heavy atom. The van der Waals surface area contributed by atoms with Crippen molar-refractivity contribution in [1.82, 2.24) is 0 Å². The number of nitrogens with one attached hydrogen (secondary N) is 2. The summed E-state index contributed by atoms with van der Waals surface area (Å²) in [5.41, 5.74) is 8.04. The van der Waals surface area contributed by atoms with Crippen LogP contribution < -0.4 is 10.5 Å². The Morgan fingerprint density at radius 1 is 1.10 bits per heavy atom. The molecule has 2 rings (SSSR count). The molecule has 2 aromatic carbocycles. The highest BCUT2D eigenvalue weighted by Crippen LogP contribution is 2.21. The van der Waals surface area contributed by atoms with Gasteiger partial charge in [-0.3, -0.25) is 10.1 Å². The van der Waals surface area contributed by atoms with Crippen LogP contribution in [0.5, 0.6) is 0 Å². The summed E-state index contributed by atoms with van der Waals surface area (Å²) in [6.07, 6.45) is 0. The molecule has 2 aromatic rings. The van der Waals surface area contributed by atoms with Crippen molar-refractivity contribution in [2.45, 2.75) is 18.7 Å². The Labute approximate surface area is 124 Å². The highest BCUT2D eigenvalue weighted by atomic mass is 32.2. The van der Waals surface area contributed by atoms with Crippen molar-refractivity contribution in [3.05, 3.63) is 59.2 Å². The maximum absolute atomic E-state index is 12.4. The Morgan fingerprint density at radius 2 is 1.76 bits per heavy atom. The second kappa shape index (κ2) is 5.57. The lowest BCUT2D eigenvalue weighted by molar-refractivity contribution is 0.601. The van der Waals surface area contributed by atoms with Gasteiger partial charge in [0.2, 0.25) is 0 Å². The summed E-state index contributed by atoms with van der Waals surface area (Å²) >= 11 is 0. The fraction of sp³-hybridized carbons (Fsp3) is 0.133. The van der Waals surface area contributed by atoms with E-state index in [2.05, 4.69) is 4.72 Å². The van der Waals surface area contributed by atoms with E-state index < -0.39 is 10.0 Å². The summed E-state index contributed by atoms with van der Waals surface area (Å²) in [6, 6.07) is 11.5. The Hall–Kier alpha value is -2.34. The van der Waals surface area contributed by atoms with Crippen LogP contribution in [0.1, 0.15) is 16.7 Å². The quantitative estimate of drug-likeness (QED) is 0.597. The summed E-state index contributed by atoms with van der Waals surface area (Å²) < 4.78 is 27.3. The highest BCUT2D eigenvalue weighted by Gasteiger charge is 2.17. The molecule has 0 spiro atoms. The zero-order chi connectivity index (χ0) is 15.6. The third kappa shape index (κ3) is 3.22. The summed E-state index contributed by atoms with van der Waals surface area (Å²) in [6.45, 7) is 3.78. The smallest absolute Gasteiger partial charge is 0.261 e. The van der Waals surface area contributed by atoms with E-state index in [0.717, 1.165) is 11.1 Å². The molecule has 110 valence electrons. The average molecular weight is 303 g/mol. The molecule has 0 aromatic heterocycles. The number of rotatable bonds is 4. The average Bonchev–Trinajstić information content (AvgIpc) is 2.41. The molecule has 0 aliphatic heterocycles. The zero-order valence-corrected chi connectivity index (χ0v) is 12.7. The van der Waals surface area contributed by atoms with Gasteiger partial charge in [0.1, 0.15) is 5.84 Å². The fourth-order valence-corrected chi connectivity index (χ4v) is 3.06. The first-order valence-corrected chi connectivity index (χ1v) is 7.83. The first-order valence-electron chi connectivity index (χ1n) is 6.35. The lowest BCUT2D eigenvalue weighted by Crippen LogP contribution is -2.18. The minimum absolute atomic E-state index is 0.184. The van der Waals surface area contributed by atoms with Gasteiger partial charge in [0, 0.05) is 5.56 Å². The molecule has 0 heterocycles. The number of benzene rings is 2. The van der Waals surface area contributed by atoms with Crippen LogP contribution in [0.15, 0.2) is 47.4 Å². The third-order valence-corrected chi connectivity index (χ3v) is 4.61. The van der Waals surface area contributed by atoms with E-state index in [9.17, 15) is 8.42 Å². The molecule has 6 heteroatoms. The standard InChI is InChI=1S/C15H17N3O2S/c1-10-7-8-12(9-11(10)2)21(19,20)18-14-6-4-3-5-13(14)15(16)17/h3-9,18H,1-2H3,(H3,16,17). The largest absolute Gasteiger partial charge is 0.384 e. The van der Waals surface area contributed by atoms with Crippen molar-refractivity contribution < 1.29 is 8.42 Å². The minimum Gasteiger partial charge on any atom is -0.384 e. The number of sulfonamides is 1. The monoisotopic (exact) mass is 303 g/mol. The number of hydrogen-bond acceptors (Lipinski definition) is 3. The van der Waals surface area contributed by atoms with E-state index >= 15 is 0 Å². The minimum atomic E-state index is -3.71. The summed E-state index contributed by atoms with van der Waals surface area (Å²) in [4.78, 5) is 0.184. The van der Waals surface area contributed by atoms with Gasteiger partial charge in [0.15, 0.2) is 0 Å². The molecule has 4 N–H and O–H groups in total. The van der Waals surface area contributed by atoms with Gasteiger partial charge in [-0.15, -0.1) is 0 Å². The zero-order valence-electron chi connectivity index (χ0n) is 11.8. The third-order valence-electron chi connectivity index (χ3n) is 3.25. The van der Waals surface area contributed by atoms with Crippen molar-refractivity contribution >= 4 is 21.5 Å². The van der Waals surface area contributed by atoms with Crippen molar-refractivity contribution in [3.8, 4) is 0 Å². The molecule has 21 heavy (non-hydrogen) atoms. The van der Waals surface area contributed by atoms with Crippen molar-refractivity contribution in [2.75, 3.05) is 4.72 Å². The molecule has 0 radical (unpaired) electrons. The van der Waals surface area contributed by atoms with E-state index in [4.69, 9.17) is 11.1 Å². The number of hydrogen-bond donors (Lipinski definition) is 3. The van der Waals surface area contributed by atoms with E-state index in [1.807, 2.05) is 13.8 Å². The van der Waals surface area contributed by atoms with Gasteiger partial charge >= 0.3 is 0 Å². The molecule has 0 bridgehead atoms. The van der Waals surface area contributed by atoms with Crippen LogP contribution in [0.25, 0.3) is 0 Å². The van der Waals surface area contributed by atoms with Crippen LogP contribution >= 0.6 is 0 Å². The number of nitrogens with two attached hydrogens (primary N) is 1. The molecule has 0 unspecified atom stereocenters. The lowest BCUT2D eigenvalue weighted by atomic mass is 10.1. The van der Waals surface area contributed by atoms with Crippen LogP contribution in [0, 0.1) is 19.3 Å². The van der Waals surface area contributed by atoms with Crippen molar-refractivity contribution in [2.24, 2.45) is 5.73 Å². The molecule has 0 aliphatic rings. The molecule has 0 aliphatic carbocycles. The topological polar surface area (TPSA) is 96.0 Å². The van der Waals surface area contributed by atoms with Crippen LogP contribution in [-0.4, -0.2) is 14.3 Å². The second-order valence-corrected chi connectivity index (χ2v) is 6.49. The molecule has 0 saturated carbocycles. The van der Waals surface area contributed by atoms with E-state index in [-0.39, 0.29) is 10.7 Å². The summed E-state index contributed by atoms with van der Waals surface area (Å²) in [7, 11) is -3.71. The van der Waals surface area contributed by atoms with Gasteiger partial charge in [-0.2, -0.15) is 0 Å². The lowest BCUT2D eigenvalue weighted by Gasteiger charge is -2.12. The van der Waals surface area contributed by atoms with Crippen LogP contribution in [0.2, 0.25) is 0 Å². The van der Waals surface area contributed by atoms with Crippen LogP contribution in [-0.2, 0) is 10.0 Å². The molecule has 0 atom stereocenters. The van der Waals surface area contributed by atoms with Gasteiger partial charge in [0.05, 0.1) is 10.6 Å². The Bertz CT molecular complexity index is 798. The van der Waals surface area contributed by atoms with Gasteiger partial charge < -0.3 is 5.73 Å². The molecule has 0 saturated heterocycles. The van der Waals surface area contributed by atoms with Crippen molar-refractivity contribution in [3.63, 3.8) is 0 Å². The first-order chi connectivity index (χ1) is 9.81. The van der Waals surface area contributed by atoms with Crippen LogP contribution in [0.4, 0.5) is 5.69 Å². The predicted octanol–water partition coefficient (Wildman–Crippen LogP) is 2.39. The van der Waals surface area contributed by atoms with Crippen molar-refractivity contribution in [1.29, 1.82) is 5.41 Å². The normalized spacial score (nSPS) is 11.1. The number of amidine groups is 1. The number of nitrogen functional groups attached to an aromatic ring is 1. The molecule has 5 nitrogen and oxygen atoms in total. The molecule has 0 amide bonds. The van der Waals surface area contributed by atoms with Gasteiger partial charge in [-0.05, 0) is 49.2 Å². The van der Waals surface area contributed by atoms with Gasteiger partial charge in [-0.25, -0.2) is 8.42 Å².